The highest BCUT2D eigenvalue weighted by Crippen LogP contribution is 2.79. The predicted molar refractivity (Wildman–Crippen MR) is 346 cm³/mol. The molecule has 12 rings (SSSR count). The SMILES string of the molecule is CCC12CC(C3=C(CN4CCN(c5ccc(C(=O)NS(=O)(=O)c6ccc(N[C@H](CCN7CCN(C(=O)CCCCC(=O)Nc8cccc9c8C(=O)N(C8CCC(=O)NC8=O)C9=O)CC7)CSc7ccccc7)c(S(=O)(=O)C(F)(F)F)c6)cc5)CC4)CCC(C)(C)C3)(C1)C2. The van der Waals surface area contributed by atoms with Gasteiger partial charge in [-0.3, -0.25) is 53.6 Å². The second-order valence-electron chi connectivity index (χ2n) is 26.8. The van der Waals surface area contributed by atoms with Crippen molar-refractivity contribution in [3.8, 4) is 0 Å². The van der Waals surface area contributed by atoms with Crippen LogP contribution in [0.2, 0.25) is 0 Å². The van der Waals surface area contributed by atoms with Crippen LogP contribution in [0.4, 0.5) is 30.2 Å². The van der Waals surface area contributed by atoms with Crippen LogP contribution in [0, 0.1) is 16.2 Å². The maximum absolute atomic E-state index is 14.5. The van der Waals surface area contributed by atoms with E-state index >= 15 is 0 Å². The van der Waals surface area contributed by atoms with Gasteiger partial charge in [0, 0.05) is 113 Å². The van der Waals surface area contributed by atoms with Crippen molar-refractivity contribution in [3.63, 3.8) is 0 Å². The molecule has 1 unspecified atom stereocenters. The van der Waals surface area contributed by atoms with E-state index < -0.39 is 88.4 Å². The number of nitrogens with one attached hydrogen (secondary N) is 4. The highest BCUT2D eigenvalue weighted by atomic mass is 32.2. The molecular weight excluding hydrogens is 1260 g/mol. The number of alkyl halides is 3. The molecule has 2 atom stereocenters. The number of rotatable bonds is 24. The Kier molecular flexibility index (Phi) is 19.5. The average molecular weight is 1340 g/mol. The molecular formula is C67H80F3N9O11S3. The number of anilines is 3. The van der Waals surface area contributed by atoms with Crippen molar-refractivity contribution < 1.29 is 63.6 Å². The Morgan fingerprint density at radius 1 is 0.774 bits per heavy atom. The zero-order valence-corrected chi connectivity index (χ0v) is 55.0. The number of imide groups is 2. The summed E-state index contributed by atoms with van der Waals surface area (Å²) in [5, 5.41) is 7.83. The summed E-state index contributed by atoms with van der Waals surface area (Å²) in [6.07, 6.45) is 9.86. The molecule has 4 aliphatic heterocycles. The number of amides is 7. The molecule has 26 heteroatoms. The van der Waals surface area contributed by atoms with E-state index in [1.807, 2.05) is 35.1 Å². The maximum atomic E-state index is 14.5. The number of sulfone groups is 1. The first kappa shape index (κ1) is 67.3. The first-order chi connectivity index (χ1) is 44.2. The lowest BCUT2D eigenvalue weighted by Gasteiger charge is -2.73. The van der Waals surface area contributed by atoms with Gasteiger partial charge in [-0.25, -0.2) is 21.6 Å². The van der Waals surface area contributed by atoms with E-state index in [9.17, 15) is 63.6 Å². The summed E-state index contributed by atoms with van der Waals surface area (Å²) in [5.74, 6) is -4.11. The molecule has 0 aromatic heterocycles. The zero-order valence-electron chi connectivity index (χ0n) is 52.6. The van der Waals surface area contributed by atoms with Gasteiger partial charge in [0.2, 0.25) is 23.6 Å². The van der Waals surface area contributed by atoms with Crippen LogP contribution in [0.5, 0.6) is 0 Å². The number of fused-ring (bicyclic) bond motifs is 1. The normalized spacial score (nSPS) is 23.0. The quantitative estimate of drug-likeness (QED) is 0.0221. The Labute approximate surface area is 545 Å². The van der Waals surface area contributed by atoms with Gasteiger partial charge in [0.25, 0.3) is 37.6 Å². The molecule has 8 aliphatic rings. The third kappa shape index (κ3) is 14.6. The van der Waals surface area contributed by atoms with E-state index in [2.05, 4.69) is 51.4 Å². The van der Waals surface area contributed by atoms with Crippen molar-refractivity contribution in [1.82, 2.24) is 29.6 Å². The molecule has 3 saturated heterocycles. The molecule has 4 N–H and O–H groups in total. The van der Waals surface area contributed by atoms with Crippen LogP contribution in [0.3, 0.4) is 0 Å². The highest BCUT2D eigenvalue weighted by molar-refractivity contribution is 7.99. The summed E-state index contributed by atoms with van der Waals surface area (Å²) in [7, 11) is -11.1. The Bertz CT molecular complexity index is 3830. The molecule has 4 heterocycles. The number of carbonyl (C=O) groups excluding carboxylic acids is 7. The molecule has 20 nitrogen and oxygen atoms in total. The standard InChI is InChI=1S/C67H80F3N9O11S3/c1-4-65-41-66(42-65,43-65)51-38-64(2,3)27-25-45(51)39-76-31-33-77(34-32-76)47-19-17-44(18-20-47)60(83)74-93(89,90)49-21-22-52(55(37-49)92(87,88)67(68,69)70)71-46(40-91-48-11-6-5-7-12-48)26-28-75-29-35-78(36-30-75)58(82)16-9-8-15-56(80)72-53-14-10-13-50-59(53)63(86)79(62(50)85)54-23-24-57(81)73-61(54)84/h5-7,10-14,17-22,37,46,54,71H,4,8-9,15-16,23-36,38-43H2,1-3H3,(H,72,80)(H,74,83)(H,73,81,84)/t46-,54?,65?,66?/m1/s1. The number of thioether (sulfide) groups is 1. The summed E-state index contributed by atoms with van der Waals surface area (Å²) in [4.78, 5) is 98.9. The van der Waals surface area contributed by atoms with E-state index in [1.54, 1.807) is 28.2 Å². The van der Waals surface area contributed by atoms with Crippen LogP contribution in [0.25, 0.3) is 0 Å². The topological polar surface area (TPSA) is 252 Å². The van der Waals surface area contributed by atoms with Crippen LogP contribution < -0.4 is 25.6 Å². The lowest BCUT2D eigenvalue weighted by Crippen LogP contribution is -2.63. The van der Waals surface area contributed by atoms with Crippen LogP contribution in [-0.2, 0) is 39.0 Å². The van der Waals surface area contributed by atoms with Gasteiger partial charge >= 0.3 is 5.51 Å². The number of nitrogens with zero attached hydrogens (tertiary/aromatic N) is 5. The van der Waals surface area contributed by atoms with Gasteiger partial charge in [0.1, 0.15) is 10.9 Å². The van der Waals surface area contributed by atoms with Gasteiger partial charge in [-0.2, -0.15) is 13.2 Å². The molecule has 0 spiro atoms. The molecule has 6 fully saturated rings. The first-order valence-corrected chi connectivity index (χ1v) is 36.0. The van der Waals surface area contributed by atoms with Crippen molar-refractivity contribution in [1.29, 1.82) is 0 Å². The van der Waals surface area contributed by atoms with Crippen molar-refractivity contribution >= 4 is 90.0 Å². The Morgan fingerprint density at radius 2 is 1.46 bits per heavy atom. The molecule has 4 aliphatic carbocycles. The number of hydrogen-bond acceptors (Lipinski definition) is 16. The molecule has 4 aromatic rings. The number of allylic oxidation sites excluding steroid dienone is 1. The molecule has 7 amide bonds. The molecule has 0 radical (unpaired) electrons. The summed E-state index contributed by atoms with van der Waals surface area (Å²) in [5.41, 5.74) is -0.735. The number of hydrogen-bond donors (Lipinski definition) is 4. The second-order valence-corrected chi connectivity index (χ2v) is 31.5. The number of benzene rings is 4. The van der Waals surface area contributed by atoms with Gasteiger partial charge in [0.05, 0.1) is 27.4 Å². The van der Waals surface area contributed by atoms with Crippen LogP contribution in [0.15, 0.2) is 117 Å². The smallest absolute Gasteiger partial charge is 0.380 e. The summed E-state index contributed by atoms with van der Waals surface area (Å²) in [6.45, 7) is 13.4. The van der Waals surface area contributed by atoms with Gasteiger partial charge in [-0.05, 0) is 147 Å². The van der Waals surface area contributed by atoms with Crippen molar-refractivity contribution in [2.75, 3.05) is 86.7 Å². The lowest BCUT2D eigenvalue weighted by atomic mass is 9.31. The van der Waals surface area contributed by atoms with Crippen LogP contribution in [0.1, 0.15) is 142 Å². The van der Waals surface area contributed by atoms with E-state index in [0.717, 1.165) is 66.8 Å². The van der Waals surface area contributed by atoms with E-state index in [1.165, 1.54) is 80.6 Å². The highest BCUT2D eigenvalue weighted by Gasteiger charge is 2.68. The molecule has 2 bridgehead atoms. The number of unbranched alkanes of at least 4 members (excludes halogenated alkanes) is 1. The number of piperidine rings is 1. The van der Waals surface area contributed by atoms with E-state index in [-0.39, 0.29) is 59.7 Å². The Morgan fingerprint density at radius 3 is 2.14 bits per heavy atom. The van der Waals surface area contributed by atoms with Gasteiger partial charge in [-0.15, -0.1) is 11.8 Å². The predicted octanol–water partition coefficient (Wildman–Crippen LogP) is 9.02. The molecule has 4 aromatic carbocycles. The summed E-state index contributed by atoms with van der Waals surface area (Å²) in [6, 6.07) is 20.5. The first-order valence-electron chi connectivity index (χ1n) is 32.1. The second kappa shape index (κ2) is 26.9. The third-order valence-corrected chi connectivity index (χ3v) is 24.0. The van der Waals surface area contributed by atoms with E-state index in [0.29, 0.717) is 74.3 Å². The summed E-state index contributed by atoms with van der Waals surface area (Å²) >= 11 is 1.38. The fourth-order valence-electron chi connectivity index (χ4n) is 14.6. The van der Waals surface area contributed by atoms with Gasteiger partial charge in [-0.1, -0.05) is 62.6 Å². The molecule has 93 heavy (non-hydrogen) atoms. The van der Waals surface area contributed by atoms with E-state index in [4.69, 9.17) is 0 Å². The Balaban J connectivity index is 0.668. The van der Waals surface area contributed by atoms with Crippen LogP contribution >= 0.6 is 11.8 Å². The maximum Gasteiger partial charge on any atom is 0.501 e. The third-order valence-electron chi connectivity index (χ3n) is 19.9. The van der Waals surface area contributed by atoms with Crippen molar-refractivity contribution in [3.05, 3.63) is 119 Å². The number of piperazine rings is 2. The number of carbonyl (C=O) groups is 7. The molecule has 498 valence electrons. The summed E-state index contributed by atoms with van der Waals surface area (Å²) < 4.78 is 99.9. The van der Waals surface area contributed by atoms with Gasteiger partial charge < -0.3 is 20.4 Å². The van der Waals surface area contributed by atoms with Gasteiger partial charge in [0.15, 0.2) is 0 Å². The van der Waals surface area contributed by atoms with Crippen LogP contribution in [-0.4, -0.2) is 167 Å². The minimum absolute atomic E-state index is 0.000465. The fraction of sp³-hybridized carbons (Fsp3) is 0.507. The fourth-order valence-corrected chi connectivity index (χ4v) is 17.7. The largest absolute Gasteiger partial charge is 0.501 e. The molecule has 3 saturated carbocycles. The zero-order chi connectivity index (χ0) is 66.3. The average Bonchev–Trinajstić information content (AvgIpc) is 0.980. The minimum Gasteiger partial charge on any atom is -0.380 e. The number of halogens is 3. The van der Waals surface area contributed by atoms with Crippen molar-refractivity contribution in [2.45, 2.75) is 143 Å². The minimum atomic E-state index is -6.18. The monoisotopic (exact) mass is 1340 g/mol. The Hall–Kier alpha value is -7.13. The number of sulfonamides is 1. The van der Waals surface area contributed by atoms with Crippen molar-refractivity contribution in [2.24, 2.45) is 16.2 Å². The lowest BCUT2D eigenvalue weighted by molar-refractivity contribution is -0.182.